The highest BCUT2D eigenvalue weighted by Gasteiger charge is 2.35. The number of halogens is 7. The van der Waals surface area contributed by atoms with Gasteiger partial charge in [0.15, 0.2) is 5.82 Å². The van der Waals surface area contributed by atoms with Crippen molar-refractivity contribution >= 4 is 33.3 Å². The number of carbonyl (C=O) groups is 1. The van der Waals surface area contributed by atoms with Crippen LogP contribution in [-0.4, -0.2) is 71.0 Å². The first-order chi connectivity index (χ1) is 25.0. The Balaban J connectivity index is 1.79. The summed E-state index contributed by atoms with van der Waals surface area (Å²) >= 11 is 0.811. The summed E-state index contributed by atoms with van der Waals surface area (Å²) < 4.78 is 106. The molecule has 0 spiro atoms. The number of hydroxylamine groups is 1. The predicted octanol–water partition coefficient (Wildman–Crippen LogP) is 5.54. The van der Waals surface area contributed by atoms with Crippen LogP contribution in [-0.2, 0) is 28.8 Å². The van der Waals surface area contributed by atoms with E-state index in [1.165, 1.54) is 62.6 Å². The first-order valence-electron chi connectivity index (χ1n) is 15.2. The average molecular weight is 772 g/mol. The number of urea groups is 1. The van der Waals surface area contributed by atoms with Crippen LogP contribution in [0.4, 0.5) is 41.2 Å². The molecule has 3 heterocycles. The van der Waals surface area contributed by atoms with Crippen LogP contribution in [0.5, 0.6) is 5.88 Å². The highest BCUT2D eigenvalue weighted by atomic mass is 32.1. The molecule has 0 aliphatic carbocycles. The van der Waals surface area contributed by atoms with E-state index in [9.17, 15) is 40.7 Å². The molecule has 0 atom stereocenters. The number of carbonyl (C=O) groups excluding carboxylic acids is 1. The van der Waals surface area contributed by atoms with Gasteiger partial charge in [0.2, 0.25) is 5.88 Å². The van der Waals surface area contributed by atoms with Gasteiger partial charge in [-0.3, -0.25) is 23.8 Å². The lowest BCUT2D eigenvalue weighted by molar-refractivity contribution is -0.324. The SMILES string of the molecule is CONC(=O)Nc1ccc(-c2sc3c(c2CN(C)CCOC(F)(F)F)c(=O)n(-c2ccc(OC)nn2)c(=O)n3Cc2c(F)cccc2C(F)(F)F)cc1. The maximum Gasteiger partial charge on any atom is 0.522 e. The molecule has 53 heavy (non-hydrogen) atoms. The Morgan fingerprint density at radius 3 is 2.28 bits per heavy atom. The van der Waals surface area contributed by atoms with Crippen molar-refractivity contribution in [2.75, 3.05) is 39.7 Å². The number of benzene rings is 2. The van der Waals surface area contributed by atoms with Gasteiger partial charge in [0, 0.05) is 35.3 Å². The maximum atomic E-state index is 15.2. The second kappa shape index (κ2) is 15.7. The summed E-state index contributed by atoms with van der Waals surface area (Å²) in [6.07, 6.45) is -9.94. The molecule has 2 aromatic carbocycles. The van der Waals surface area contributed by atoms with E-state index in [0.29, 0.717) is 21.9 Å². The van der Waals surface area contributed by atoms with Gasteiger partial charge in [-0.15, -0.1) is 34.7 Å². The van der Waals surface area contributed by atoms with E-state index >= 15 is 4.39 Å². The summed E-state index contributed by atoms with van der Waals surface area (Å²) in [5.41, 5.74) is -1.51. The number of ether oxygens (including phenoxy) is 2. The van der Waals surface area contributed by atoms with E-state index in [-0.39, 0.29) is 45.4 Å². The van der Waals surface area contributed by atoms with Crippen molar-refractivity contribution in [1.82, 2.24) is 29.7 Å². The van der Waals surface area contributed by atoms with Crippen LogP contribution in [0.1, 0.15) is 16.7 Å². The van der Waals surface area contributed by atoms with Crippen LogP contribution in [0.3, 0.4) is 0 Å². The summed E-state index contributed by atoms with van der Waals surface area (Å²) in [6.45, 7) is -2.31. The fraction of sp³-hybridized carbons (Fsp3) is 0.281. The number of methoxy groups -OCH3 is 1. The Labute approximate surface area is 298 Å². The summed E-state index contributed by atoms with van der Waals surface area (Å²) in [4.78, 5) is 46.6. The van der Waals surface area contributed by atoms with Gasteiger partial charge < -0.3 is 10.1 Å². The third-order valence-electron chi connectivity index (χ3n) is 7.64. The fourth-order valence-corrected chi connectivity index (χ4v) is 6.60. The van der Waals surface area contributed by atoms with Crippen LogP contribution in [0.25, 0.3) is 26.5 Å². The van der Waals surface area contributed by atoms with Gasteiger partial charge in [0.25, 0.3) is 5.56 Å². The molecular formula is C32H28F7N7O6S. The Morgan fingerprint density at radius 1 is 0.962 bits per heavy atom. The van der Waals surface area contributed by atoms with Crippen molar-refractivity contribution < 1.29 is 49.8 Å². The molecule has 3 aromatic heterocycles. The Hall–Kier alpha value is -5.38. The van der Waals surface area contributed by atoms with E-state index in [2.05, 4.69) is 30.6 Å². The van der Waals surface area contributed by atoms with Gasteiger partial charge in [-0.05, 0) is 48.5 Å². The van der Waals surface area contributed by atoms with Gasteiger partial charge in [-0.1, -0.05) is 18.2 Å². The highest BCUT2D eigenvalue weighted by Crippen LogP contribution is 2.39. The second-order valence-corrected chi connectivity index (χ2v) is 12.2. The number of hydrogen-bond acceptors (Lipinski definition) is 10. The molecule has 0 fully saturated rings. The first-order valence-corrected chi connectivity index (χ1v) is 16.0. The van der Waals surface area contributed by atoms with Crippen LogP contribution >= 0.6 is 11.3 Å². The van der Waals surface area contributed by atoms with Gasteiger partial charge in [0.1, 0.15) is 10.6 Å². The predicted molar refractivity (Wildman–Crippen MR) is 177 cm³/mol. The van der Waals surface area contributed by atoms with Gasteiger partial charge in [0.05, 0.1) is 38.3 Å². The summed E-state index contributed by atoms with van der Waals surface area (Å²) in [7, 11) is 3.95. The van der Waals surface area contributed by atoms with E-state index < -0.39 is 59.9 Å². The van der Waals surface area contributed by atoms with Crippen LogP contribution in [0, 0.1) is 5.82 Å². The molecule has 21 heteroatoms. The third-order valence-corrected chi connectivity index (χ3v) is 8.95. The number of thiophene rings is 1. The Bertz CT molecular complexity index is 2220. The molecule has 0 saturated heterocycles. The quantitative estimate of drug-likeness (QED) is 0.124. The summed E-state index contributed by atoms with van der Waals surface area (Å²) in [5, 5.41) is 9.96. The average Bonchev–Trinajstić information content (AvgIpc) is 3.45. The standard InChI is InChI=1S/C32H28F7N7O6S/c1-44(13-14-52-32(37,38)39)15-20-25-27(47)46(23-11-12-24(50-2)42-41-23)30(49)45(16-19-21(31(34,35)36)5-4-6-22(19)33)28(25)53-26(20)17-7-9-18(10-8-17)40-29(48)43-51-3/h4-12H,13-16H2,1-3H3,(H2,40,43,48). The third kappa shape index (κ3) is 8.81. The molecule has 2 amide bonds. The largest absolute Gasteiger partial charge is 0.522 e. The van der Waals surface area contributed by atoms with E-state index in [1.807, 2.05) is 0 Å². The Morgan fingerprint density at radius 2 is 1.68 bits per heavy atom. The van der Waals surface area contributed by atoms with Crippen molar-refractivity contribution in [3.05, 3.63) is 97.9 Å². The maximum absolute atomic E-state index is 15.2. The zero-order chi connectivity index (χ0) is 38.7. The molecule has 5 rings (SSSR count). The van der Waals surface area contributed by atoms with E-state index in [4.69, 9.17) is 4.74 Å². The van der Waals surface area contributed by atoms with Crippen LogP contribution in [0.2, 0.25) is 0 Å². The van der Waals surface area contributed by atoms with Gasteiger partial charge >= 0.3 is 24.3 Å². The van der Waals surface area contributed by atoms with Gasteiger partial charge in [-0.25, -0.2) is 24.0 Å². The van der Waals surface area contributed by atoms with Crippen LogP contribution < -0.4 is 26.8 Å². The number of rotatable bonds is 12. The monoisotopic (exact) mass is 771 g/mol. The zero-order valence-electron chi connectivity index (χ0n) is 27.8. The minimum Gasteiger partial charge on any atom is -0.480 e. The summed E-state index contributed by atoms with van der Waals surface area (Å²) in [5.74, 6) is -1.62. The fourth-order valence-electron chi connectivity index (χ4n) is 5.30. The molecule has 13 nitrogen and oxygen atoms in total. The van der Waals surface area contributed by atoms with Gasteiger partial charge in [-0.2, -0.15) is 13.2 Å². The number of aromatic nitrogens is 4. The molecule has 0 unspecified atom stereocenters. The topological polar surface area (TPSA) is 142 Å². The lowest BCUT2D eigenvalue weighted by atomic mass is 10.1. The van der Waals surface area contributed by atoms with Crippen molar-refractivity contribution in [2.24, 2.45) is 0 Å². The number of alkyl halides is 6. The van der Waals surface area contributed by atoms with Crippen LogP contribution in [0.15, 0.2) is 64.2 Å². The molecule has 0 aliphatic heterocycles. The number of likely N-dealkylation sites (N-methyl/N-ethyl adjacent to an activating group) is 1. The molecule has 0 saturated carbocycles. The summed E-state index contributed by atoms with van der Waals surface area (Å²) in [6, 6.07) is 10.1. The van der Waals surface area contributed by atoms with E-state index in [0.717, 1.165) is 28.0 Å². The number of nitrogens with zero attached hydrogens (tertiary/aromatic N) is 5. The number of amides is 2. The minimum absolute atomic E-state index is 0.00299. The normalized spacial score (nSPS) is 12.1. The lowest BCUT2D eigenvalue weighted by Gasteiger charge is -2.19. The molecule has 0 radical (unpaired) electrons. The Kier molecular flexibility index (Phi) is 11.5. The number of nitrogens with one attached hydrogen (secondary N) is 2. The van der Waals surface area contributed by atoms with E-state index in [1.54, 1.807) is 0 Å². The number of hydrogen-bond donors (Lipinski definition) is 2. The molecule has 0 aliphatic rings. The number of anilines is 1. The molecule has 282 valence electrons. The highest BCUT2D eigenvalue weighted by molar-refractivity contribution is 7.22. The molecular weight excluding hydrogens is 743 g/mol. The zero-order valence-corrected chi connectivity index (χ0v) is 28.6. The first kappa shape index (κ1) is 38.8. The molecule has 5 aromatic rings. The minimum atomic E-state index is -5.03. The number of fused-ring (bicyclic) bond motifs is 1. The van der Waals surface area contributed by atoms with Crippen molar-refractivity contribution in [3.8, 4) is 22.1 Å². The molecule has 2 N–H and O–H groups in total. The smallest absolute Gasteiger partial charge is 0.480 e. The van der Waals surface area contributed by atoms with Crippen molar-refractivity contribution in [3.63, 3.8) is 0 Å². The second-order valence-electron chi connectivity index (χ2n) is 11.2. The lowest BCUT2D eigenvalue weighted by Crippen LogP contribution is -2.40. The molecule has 0 bridgehead atoms. The van der Waals surface area contributed by atoms with Crippen molar-refractivity contribution in [2.45, 2.75) is 25.6 Å². The van der Waals surface area contributed by atoms with Crippen molar-refractivity contribution in [1.29, 1.82) is 0 Å².